The van der Waals surface area contributed by atoms with Crippen molar-refractivity contribution in [2.75, 3.05) is 13.2 Å². The molecule has 2 aromatic carbocycles. The molecule has 0 N–H and O–H groups in total. The third-order valence-corrected chi connectivity index (χ3v) is 4.42. The van der Waals surface area contributed by atoms with Gasteiger partial charge in [0.15, 0.2) is 5.76 Å². The van der Waals surface area contributed by atoms with Crippen molar-refractivity contribution in [3.8, 4) is 11.3 Å². The van der Waals surface area contributed by atoms with E-state index in [1.807, 2.05) is 30.3 Å². The van der Waals surface area contributed by atoms with Crippen LogP contribution >= 0.6 is 0 Å². The zero-order chi connectivity index (χ0) is 17.1. The van der Waals surface area contributed by atoms with Crippen molar-refractivity contribution >= 4 is 16.9 Å². The molecular weight excluding hydrogens is 318 g/mol. The Balaban J connectivity index is 1.54. The highest BCUT2D eigenvalue weighted by molar-refractivity contribution is 5.98. The number of hydrogen-bond donors (Lipinski definition) is 0. The fourth-order valence-electron chi connectivity index (χ4n) is 3.06. The van der Waals surface area contributed by atoms with Crippen LogP contribution in [0.3, 0.4) is 0 Å². The van der Waals surface area contributed by atoms with Gasteiger partial charge in [0.2, 0.25) is 0 Å². The topological polar surface area (TPSA) is 61.6 Å². The molecule has 5 heteroatoms. The molecule has 1 fully saturated rings. The zero-order valence-electron chi connectivity index (χ0n) is 13.8. The average Bonchev–Trinajstić information content (AvgIpc) is 3.11. The number of fused-ring (bicyclic) bond motifs is 1. The van der Waals surface area contributed by atoms with Crippen molar-refractivity contribution in [3.05, 3.63) is 54.1 Å². The molecule has 0 unspecified atom stereocenters. The molecule has 0 saturated carbocycles. The van der Waals surface area contributed by atoms with Gasteiger partial charge >= 0.3 is 5.97 Å². The SMILES string of the molecule is O=C(OC[C@H]1CCCCO1)c1ccc2noc(-c3ccccc3)c2c1. The Bertz CT molecular complexity index is 866. The number of carbonyl (C=O) groups is 1. The quantitative estimate of drug-likeness (QED) is 0.667. The third kappa shape index (κ3) is 3.42. The summed E-state index contributed by atoms with van der Waals surface area (Å²) in [7, 11) is 0. The Labute approximate surface area is 145 Å². The minimum Gasteiger partial charge on any atom is -0.459 e. The molecule has 0 aliphatic carbocycles. The molecule has 1 saturated heterocycles. The van der Waals surface area contributed by atoms with Gasteiger partial charge in [-0.25, -0.2) is 4.79 Å². The van der Waals surface area contributed by atoms with Gasteiger partial charge in [0, 0.05) is 12.2 Å². The number of aromatic nitrogens is 1. The van der Waals surface area contributed by atoms with E-state index in [1.165, 1.54) is 0 Å². The number of benzene rings is 2. The Morgan fingerprint density at radius 3 is 2.84 bits per heavy atom. The molecule has 3 aromatic rings. The van der Waals surface area contributed by atoms with Crippen LogP contribution in [0.4, 0.5) is 0 Å². The second-order valence-corrected chi connectivity index (χ2v) is 6.20. The van der Waals surface area contributed by atoms with Gasteiger partial charge in [0.05, 0.1) is 17.1 Å². The summed E-state index contributed by atoms with van der Waals surface area (Å²) in [5, 5.41) is 4.87. The van der Waals surface area contributed by atoms with Crippen LogP contribution in [0.1, 0.15) is 29.6 Å². The van der Waals surface area contributed by atoms with E-state index >= 15 is 0 Å². The molecule has 128 valence electrons. The van der Waals surface area contributed by atoms with Crippen LogP contribution in [-0.4, -0.2) is 30.4 Å². The third-order valence-electron chi connectivity index (χ3n) is 4.42. The predicted octanol–water partition coefficient (Wildman–Crippen LogP) is 4.22. The Morgan fingerprint density at radius 2 is 2.04 bits per heavy atom. The molecule has 5 nitrogen and oxygen atoms in total. The maximum absolute atomic E-state index is 12.4. The van der Waals surface area contributed by atoms with Gasteiger partial charge in [-0.3, -0.25) is 0 Å². The molecule has 1 aliphatic rings. The fourth-order valence-corrected chi connectivity index (χ4v) is 3.06. The summed E-state index contributed by atoms with van der Waals surface area (Å²) >= 11 is 0. The van der Waals surface area contributed by atoms with Crippen LogP contribution in [-0.2, 0) is 9.47 Å². The van der Waals surface area contributed by atoms with E-state index in [2.05, 4.69) is 5.16 Å². The summed E-state index contributed by atoms with van der Waals surface area (Å²) in [4.78, 5) is 12.4. The van der Waals surface area contributed by atoms with Crippen molar-refractivity contribution in [1.29, 1.82) is 0 Å². The van der Waals surface area contributed by atoms with Gasteiger partial charge in [-0.15, -0.1) is 0 Å². The summed E-state index contributed by atoms with van der Waals surface area (Å²) in [6.45, 7) is 1.04. The standard InChI is InChI=1S/C20H19NO4/c22-20(24-13-16-8-4-5-11-23-16)15-9-10-18-17(12-15)19(25-21-18)14-6-2-1-3-7-14/h1-3,6-7,9-10,12,16H,4-5,8,11,13H2/t16-/m1/s1. The van der Waals surface area contributed by atoms with E-state index in [0.717, 1.165) is 36.8 Å². The first-order valence-corrected chi connectivity index (χ1v) is 8.55. The van der Waals surface area contributed by atoms with E-state index < -0.39 is 0 Å². The lowest BCUT2D eigenvalue weighted by molar-refractivity contribution is -0.0300. The maximum Gasteiger partial charge on any atom is 0.338 e. The van der Waals surface area contributed by atoms with Gasteiger partial charge in [-0.1, -0.05) is 35.5 Å². The summed E-state index contributed by atoms with van der Waals surface area (Å²) in [5.41, 5.74) is 2.13. The van der Waals surface area contributed by atoms with E-state index in [4.69, 9.17) is 14.0 Å². The maximum atomic E-state index is 12.4. The molecule has 0 spiro atoms. The molecule has 4 rings (SSSR count). The van der Waals surface area contributed by atoms with Crippen LogP contribution in [0.5, 0.6) is 0 Å². The van der Waals surface area contributed by atoms with Gasteiger partial charge in [0.25, 0.3) is 0 Å². The predicted molar refractivity (Wildman–Crippen MR) is 93.3 cm³/mol. The average molecular weight is 337 g/mol. The van der Waals surface area contributed by atoms with Crippen molar-refractivity contribution in [2.24, 2.45) is 0 Å². The minimum atomic E-state index is -0.351. The highest BCUT2D eigenvalue weighted by Gasteiger charge is 2.18. The van der Waals surface area contributed by atoms with Crippen molar-refractivity contribution in [3.63, 3.8) is 0 Å². The van der Waals surface area contributed by atoms with Crippen LogP contribution in [0.2, 0.25) is 0 Å². The van der Waals surface area contributed by atoms with Crippen LogP contribution in [0.25, 0.3) is 22.2 Å². The van der Waals surface area contributed by atoms with E-state index in [1.54, 1.807) is 18.2 Å². The van der Waals surface area contributed by atoms with Gasteiger partial charge in [-0.2, -0.15) is 0 Å². The van der Waals surface area contributed by atoms with Crippen LogP contribution in [0.15, 0.2) is 53.1 Å². The lowest BCUT2D eigenvalue weighted by Crippen LogP contribution is -2.25. The van der Waals surface area contributed by atoms with Crippen LogP contribution in [0, 0.1) is 0 Å². The molecular formula is C20H19NO4. The monoisotopic (exact) mass is 337 g/mol. The molecule has 0 bridgehead atoms. The first-order valence-electron chi connectivity index (χ1n) is 8.55. The second kappa shape index (κ2) is 7.07. The molecule has 2 heterocycles. The number of ether oxygens (including phenoxy) is 2. The minimum absolute atomic E-state index is 0.0110. The largest absolute Gasteiger partial charge is 0.459 e. The van der Waals surface area contributed by atoms with E-state index in [9.17, 15) is 4.79 Å². The number of rotatable bonds is 4. The molecule has 1 aliphatic heterocycles. The number of nitrogens with zero attached hydrogens (tertiary/aromatic N) is 1. The Hall–Kier alpha value is -2.66. The smallest absolute Gasteiger partial charge is 0.338 e. The zero-order valence-corrected chi connectivity index (χ0v) is 13.8. The van der Waals surface area contributed by atoms with Gasteiger partial charge in [0.1, 0.15) is 12.1 Å². The van der Waals surface area contributed by atoms with Crippen LogP contribution < -0.4 is 0 Å². The fraction of sp³-hybridized carbons (Fsp3) is 0.300. The summed E-state index contributed by atoms with van der Waals surface area (Å²) in [6, 6.07) is 15.0. The van der Waals surface area contributed by atoms with Gasteiger partial charge in [-0.05, 0) is 37.5 Å². The summed E-state index contributed by atoms with van der Waals surface area (Å²) in [5.74, 6) is 0.303. The Kier molecular flexibility index (Phi) is 4.48. The Morgan fingerprint density at radius 1 is 1.16 bits per heavy atom. The number of carbonyl (C=O) groups excluding carboxylic acids is 1. The number of hydrogen-bond acceptors (Lipinski definition) is 5. The normalized spacial score (nSPS) is 17.5. The lowest BCUT2D eigenvalue weighted by Gasteiger charge is -2.22. The van der Waals surface area contributed by atoms with Crippen molar-refractivity contribution < 1.29 is 18.8 Å². The van der Waals surface area contributed by atoms with Crippen molar-refractivity contribution in [1.82, 2.24) is 5.16 Å². The second-order valence-electron chi connectivity index (χ2n) is 6.20. The molecule has 1 atom stereocenters. The summed E-state index contributed by atoms with van der Waals surface area (Å²) in [6.07, 6.45) is 3.15. The van der Waals surface area contributed by atoms with E-state index in [-0.39, 0.29) is 12.1 Å². The van der Waals surface area contributed by atoms with Crippen molar-refractivity contribution in [2.45, 2.75) is 25.4 Å². The molecule has 0 radical (unpaired) electrons. The lowest BCUT2D eigenvalue weighted by atomic mass is 10.1. The molecule has 1 aromatic heterocycles. The molecule has 0 amide bonds. The summed E-state index contributed by atoms with van der Waals surface area (Å²) < 4.78 is 16.5. The van der Waals surface area contributed by atoms with E-state index in [0.29, 0.717) is 23.4 Å². The molecule has 25 heavy (non-hydrogen) atoms. The van der Waals surface area contributed by atoms with Gasteiger partial charge < -0.3 is 14.0 Å². The highest BCUT2D eigenvalue weighted by atomic mass is 16.6. The first kappa shape index (κ1) is 15.8. The first-order chi connectivity index (χ1) is 12.3. The highest BCUT2D eigenvalue weighted by Crippen LogP contribution is 2.29. The number of esters is 1.